The molecule has 1 saturated heterocycles. The number of rotatable bonds is 12. The van der Waals surface area contributed by atoms with E-state index in [2.05, 4.69) is 31.9 Å². The van der Waals surface area contributed by atoms with Crippen LogP contribution in [-0.2, 0) is 38.4 Å². The molecular formula is C26H44N8O10. The highest BCUT2D eigenvalue weighted by atomic mass is 16.4. The molecule has 0 unspecified atom stereocenters. The summed E-state index contributed by atoms with van der Waals surface area (Å²) < 4.78 is 0. The Morgan fingerprint density at radius 1 is 0.773 bits per heavy atom. The molecule has 7 amide bonds. The lowest BCUT2D eigenvalue weighted by molar-refractivity contribution is -0.141. The standard InChI is InChI=1S/C26H44N8O10/c1-13(2)9-16-24(42)34-18(12-35)26(44)31-14(5-3-4-8-27)22(40)29-11-20(37)30-17(10-21(38)39)25(43)32-15(23(41)33-16)6-7-19(28)36/h13-18,35H,3-12,27H2,1-2H3,(H2,28,36)(H,29,40)(H,30,37)(H,31,44)(H,32,43)(H,33,41)(H,34,42)(H,38,39)/t14-,15-,16-,17-,18-/m0/s1. The number of unbranched alkanes of at least 4 members (excludes halogenated alkanes) is 1. The Kier molecular flexibility index (Phi) is 16.3. The van der Waals surface area contributed by atoms with Crippen LogP contribution in [0.1, 0.15) is 58.8 Å². The molecule has 44 heavy (non-hydrogen) atoms. The predicted molar refractivity (Wildman–Crippen MR) is 153 cm³/mol. The minimum absolute atomic E-state index is 0.0512. The highest BCUT2D eigenvalue weighted by molar-refractivity contribution is 5.98. The maximum Gasteiger partial charge on any atom is 0.305 e. The number of carboxylic acid groups (broad SMARTS) is 1. The van der Waals surface area contributed by atoms with Crippen molar-refractivity contribution in [2.24, 2.45) is 17.4 Å². The van der Waals surface area contributed by atoms with E-state index in [-0.39, 0.29) is 31.6 Å². The van der Waals surface area contributed by atoms with Crippen LogP contribution in [0.15, 0.2) is 0 Å². The van der Waals surface area contributed by atoms with Crippen LogP contribution in [0, 0.1) is 5.92 Å². The molecule has 18 nitrogen and oxygen atoms in total. The molecule has 0 aromatic rings. The van der Waals surface area contributed by atoms with Gasteiger partial charge in [-0.05, 0) is 44.6 Å². The maximum atomic E-state index is 13.3. The quantitative estimate of drug-likeness (QED) is 0.0918. The highest BCUT2D eigenvalue weighted by Gasteiger charge is 2.33. The minimum atomic E-state index is -1.69. The van der Waals surface area contributed by atoms with Crippen LogP contribution < -0.4 is 43.4 Å². The van der Waals surface area contributed by atoms with Crippen LogP contribution in [0.2, 0.25) is 0 Å². The van der Waals surface area contributed by atoms with Crippen molar-refractivity contribution in [3.63, 3.8) is 0 Å². The van der Waals surface area contributed by atoms with Gasteiger partial charge >= 0.3 is 5.97 Å². The van der Waals surface area contributed by atoms with Gasteiger partial charge in [0.1, 0.15) is 30.2 Å². The van der Waals surface area contributed by atoms with E-state index in [1.165, 1.54) is 0 Å². The predicted octanol–water partition coefficient (Wildman–Crippen LogP) is -4.55. The number of aliphatic hydroxyl groups is 1. The van der Waals surface area contributed by atoms with Gasteiger partial charge in [-0.1, -0.05) is 13.8 Å². The third-order valence-corrected chi connectivity index (χ3v) is 6.50. The summed E-state index contributed by atoms with van der Waals surface area (Å²) in [5.74, 6) is -8.00. The Balaban J connectivity index is 3.50. The fourth-order valence-electron chi connectivity index (χ4n) is 4.22. The van der Waals surface area contributed by atoms with Gasteiger partial charge in [0.05, 0.1) is 19.6 Å². The Labute approximate surface area is 254 Å². The van der Waals surface area contributed by atoms with Crippen LogP contribution in [0.25, 0.3) is 0 Å². The van der Waals surface area contributed by atoms with Crippen molar-refractivity contribution in [2.45, 2.75) is 89.0 Å². The molecule has 12 N–H and O–H groups in total. The summed E-state index contributed by atoms with van der Waals surface area (Å²) in [7, 11) is 0. The van der Waals surface area contributed by atoms with Gasteiger partial charge in [-0.3, -0.25) is 38.4 Å². The number of carbonyl (C=O) groups is 8. The van der Waals surface area contributed by atoms with E-state index in [0.29, 0.717) is 19.4 Å². The number of primary amides is 1. The lowest BCUT2D eigenvalue weighted by atomic mass is 10.0. The summed E-state index contributed by atoms with van der Waals surface area (Å²) in [5.41, 5.74) is 10.7. The van der Waals surface area contributed by atoms with E-state index in [1.807, 2.05) is 0 Å². The first-order valence-electron chi connectivity index (χ1n) is 14.3. The zero-order chi connectivity index (χ0) is 33.4. The summed E-state index contributed by atoms with van der Waals surface area (Å²) in [5, 5.41) is 33.2. The van der Waals surface area contributed by atoms with E-state index >= 15 is 0 Å². The van der Waals surface area contributed by atoms with Gasteiger partial charge < -0.3 is 53.6 Å². The van der Waals surface area contributed by atoms with Crippen LogP contribution in [0.5, 0.6) is 0 Å². The molecule has 0 radical (unpaired) electrons. The molecule has 0 saturated carbocycles. The zero-order valence-electron chi connectivity index (χ0n) is 24.9. The van der Waals surface area contributed by atoms with Crippen LogP contribution in [-0.4, -0.2) is 107 Å². The van der Waals surface area contributed by atoms with Crippen molar-refractivity contribution >= 4 is 47.3 Å². The molecule has 0 aliphatic carbocycles. The van der Waals surface area contributed by atoms with E-state index in [0.717, 1.165) is 0 Å². The molecule has 0 spiro atoms. The van der Waals surface area contributed by atoms with Gasteiger partial charge in [0.25, 0.3) is 0 Å². The minimum Gasteiger partial charge on any atom is -0.481 e. The molecule has 1 fully saturated rings. The largest absolute Gasteiger partial charge is 0.481 e. The number of aliphatic hydroxyl groups excluding tert-OH is 1. The Bertz CT molecular complexity index is 1070. The van der Waals surface area contributed by atoms with Crippen LogP contribution in [0.3, 0.4) is 0 Å². The zero-order valence-corrected chi connectivity index (χ0v) is 24.9. The Hall–Kier alpha value is -4.32. The average molecular weight is 629 g/mol. The van der Waals surface area contributed by atoms with E-state index in [4.69, 9.17) is 11.5 Å². The average Bonchev–Trinajstić information content (AvgIpc) is 2.94. The van der Waals surface area contributed by atoms with Crippen molar-refractivity contribution in [1.82, 2.24) is 31.9 Å². The summed E-state index contributed by atoms with van der Waals surface area (Å²) in [6.07, 6.45) is -0.559. The fourth-order valence-corrected chi connectivity index (χ4v) is 4.22. The molecule has 0 bridgehead atoms. The summed E-state index contributed by atoms with van der Waals surface area (Å²) in [6, 6.07) is -7.20. The third-order valence-electron chi connectivity index (χ3n) is 6.50. The highest BCUT2D eigenvalue weighted by Crippen LogP contribution is 2.09. The smallest absolute Gasteiger partial charge is 0.305 e. The normalized spacial score (nSPS) is 24.5. The third kappa shape index (κ3) is 13.8. The first-order chi connectivity index (χ1) is 20.7. The number of hydrogen-bond donors (Lipinski definition) is 10. The molecule has 0 aromatic carbocycles. The topological polar surface area (TPSA) is 301 Å². The van der Waals surface area contributed by atoms with Crippen molar-refractivity contribution in [1.29, 1.82) is 0 Å². The van der Waals surface area contributed by atoms with Gasteiger partial charge in [0, 0.05) is 6.42 Å². The number of aliphatic carboxylic acids is 1. The molecule has 18 heteroatoms. The van der Waals surface area contributed by atoms with E-state index in [1.54, 1.807) is 13.8 Å². The second-order valence-corrected chi connectivity index (χ2v) is 10.8. The summed E-state index contributed by atoms with van der Waals surface area (Å²) in [6.45, 7) is 2.23. The number of amides is 7. The van der Waals surface area contributed by atoms with Gasteiger partial charge in [-0.2, -0.15) is 0 Å². The first-order valence-corrected chi connectivity index (χ1v) is 14.3. The monoisotopic (exact) mass is 628 g/mol. The van der Waals surface area contributed by atoms with Crippen LogP contribution >= 0.6 is 0 Å². The molecule has 1 aliphatic rings. The van der Waals surface area contributed by atoms with Gasteiger partial charge in [-0.25, -0.2) is 0 Å². The summed E-state index contributed by atoms with van der Waals surface area (Å²) >= 11 is 0. The number of carbonyl (C=O) groups excluding carboxylic acids is 7. The Morgan fingerprint density at radius 2 is 1.30 bits per heavy atom. The van der Waals surface area contributed by atoms with Crippen molar-refractivity contribution < 1.29 is 48.6 Å². The lowest BCUT2D eigenvalue weighted by Gasteiger charge is -2.27. The van der Waals surface area contributed by atoms with Crippen molar-refractivity contribution in [2.75, 3.05) is 19.7 Å². The SMILES string of the molecule is CC(C)C[C@@H]1NC(=O)[C@H](CCC(N)=O)NC(=O)[C@H](CC(=O)O)NC(=O)CNC(=O)[C@H](CCCCN)NC(=O)[C@H](CO)NC1=O. The molecule has 0 aromatic heterocycles. The first kappa shape index (κ1) is 37.7. The number of nitrogens with two attached hydrogens (primary N) is 2. The number of nitrogens with one attached hydrogen (secondary N) is 6. The van der Waals surface area contributed by atoms with Gasteiger partial charge in [0.15, 0.2) is 0 Å². The molecular weight excluding hydrogens is 584 g/mol. The molecule has 5 atom stereocenters. The van der Waals surface area contributed by atoms with Crippen molar-refractivity contribution in [3.8, 4) is 0 Å². The van der Waals surface area contributed by atoms with Crippen LogP contribution in [0.4, 0.5) is 0 Å². The van der Waals surface area contributed by atoms with Gasteiger partial charge in [-0.15, -0.1) is 0 Å². The Morgan fingerprint density at radius 3 is 1.84 bits per heavy atom. The van der Waals surface area contributed by atoms with E-state index < -0.39 is 97.1 Å². The molecule has 248 valence electrons. The maximum absolute atomic E-state index is 13.3. The van der Waals surface area contributed by atoms with Crippen molar-refractivity contribution in [3.05, 3.63) is 0 Å². The summed E-state index contributed by atoms with van der Waals surface area (Å²) in [4.78, 5) is 101. The number of hydrogen-bond acceptors (Lipinski definition) is 10. The fraction of sp³-hybridized carbons (Fsp3) is 0.692. The molecule has 1 rings (SSSR count). The van der Waals surface area contributed by atoms with Gasteiger partial charge in [0.2, 0.25) is 41.4 Å². The second kappa shape index (κ2) is 19.1. The van der Waals surface area contributed by atoms with E-state index in [9.17, 15) is 48.6 Å². The lowest BCUT2D eigenvalue weighted by Crippen LogP contribution is -2.61. The molecule has 1 aliphatic heterocycles. The number of carboxylic acids is 1. The second-order valence-electron chi connectivity index (χ2n) is 10.8. The molecule has 1 heterocycles.